The second-order valence-corrected chi connectivity index (χ2v) is 10.2. The van der Waals surface area contributed by atoms with Crippen LogP contribution in [-0.2, 0) is 4.79 Å². The van der Waals surface area contributed by atoms with Crippen LogP contribution in [0.3, 0.4) is 0 Å². The van der Waals surface area contributed by atoms with Gasteiger partial charge in [0.15, 0.2) is 5.82 Å². The number of rotatable bonds is 7. The van der Waals surface area contributed by atoms with Gasteiger partial charge in [0.2, 0.25) is 5.95 Å². The fraction of sp³-hybridized carbons (Fsp3) is 0.577. The topological polar surface area (TPSA) is 97.3 Å². The number of likely N-dealkylation sites (N-methyl/N-ethyl adjacent to an activating group) is 1. The number of alkyl halides is 2. The first kappa shape index (κ1) is 26.4. The van der Waals surface area contributed by atoms with Crippen molar-refractivity contribution in [2.75, 3.05) is 80.0 Å². The number of benzene rings is 1. The molecule has 1 saturated carbocycles. The molecule has 2 fully saturated rings. The molecular formula is C26H35F2N7O3. The first-order valence-electron chi connectivity index (χ1n) is 13.1. The van der Waals surface area contributed by atoms with Crippen LogP contribution in [0.2, 0.25) is 0 Å². The van der Waals surface area contributed by atoms with Crippen LogP contribution in [0.1, 0.15) is 25.7 Å². The number of aromatic nitrogens is 2. The van der Waals surface area contributed by atoms with Crippen LogP contribution in [0.5, 0.6) is 5.75 Å². The van der Waals surface area contributed by atoms with E-state index in [0.29, 0.717) is 17.3 Å². The lowest BCUT2D eigenvalue weighted by molar-refractivity contribution is -0.140. The van der Waals surface area contributed by atoms with Gasteiger partial charge in [0.05, 0.1) is 25.0 Å². The Morgan fingerprint density at radius 3 is 2.61 bits per heavy atom. The van der Waals surface area contributed by atoms with Gasteiger partial charge in [0, 0.05) is 45.0 Å². The molecule has 2 N–H and O–H groups in total. The number of hydrogen-bond acceptors (Lipinski definition) is 9. The normalized spacial score (nSPS) is 20.4. The van der Waals surface area contributed by atoms with Crippen molar-refractivity contribution in [3.63, 3.8) is 0 Å². The highest BCUT2D eigenvalue weighted by atomic mass is 19.3. The number of anilines is 5. The Balaban J connectivity index is 1.49. The van der Waals surface area contributed by atoms with Gasteiger partial charge in [0.25, 0.3) is 5.91 Å². The summed E-state index contributed by atoms with van der Waals surface area (Å²) in [6.07, 6.45) is 4.86. The zero-order chi connectivity index (χ0) is 26.9. The van der Waals surface area contributed by atoms with Crippen molar-refractivity contribution < 1.29 is 23.4 Å². The molecule has 1 saturated heterocycles. The molecule has 0 atom stereocenters. The number of fused-ring (bicyclic) bond motifs is 1. The van der Waals surface area contributed by atoms with Gasteiger partial charge in [-0.05, 0) is 38.1 Å². The maximum Gasteiger partial charge on any atom is 0.342 e. The molecule has 1 aliphatic carbocycles. The minimum Gasteiger partial charge on any atom is -0.489 e. The third kappa shape index (κ3) is 5.32. The molecule has 0 bridgehead atoms. The van der Waals surface area contributed by atoms with Gasteiger partial charge in [-0.2, -0.15) is 13.8 Å². The lowest BCUT2D eigenvalue weighted by Gasteiger charge is -2.34. The highest BCUT2D eigenvalue weighted by Crippen LogP contribution is 2.40. The summed E-state index contributed by atoms with van der Waals surface area (Å²) >= 11 is 0. The van der Waals surface area contributed by atoms with Gasteiger partial charge in [0.1, 0.15) is 18.0 Å². The number of halogens is 2. The zero-order valence-electron chi connectivity index (χ0n) is 21.9. The fourth-order valence-corrected chi connectivity index (χ4v) is 5.38. The molecule has 1 aromatic carbocycles. The van der Waals surface area contributed by atoms with Crippen LogP contribution < -0.4 is 24.8 Å². The van der Waals surface area contributed by atoms with E-state index in [2.05, 4.69) is 32.1 Å². The summed E-state index contributed by atoms with van der Waals surface area (Å²) in [6.45, 7) is 2.93. The van der Waals surface area contributed by atoms with Crippen LogP contribution in [0.15, 0.2) is 24.4 Å². The second kappa shape index (κ2) is 10.9. The Bertz CT molecular complexity index is 1150. The number of piperazine rings is 1. The van der Waals surface area contributed by atoms with E-state index in [4.69, 9.17) is 4.74 Å². The van der Waals surface area contributed by atoms with Gasteiger partial charge in [-0.3, -0.25) is 4.79 Å². The van der Waals surface area contributed by atoms with E-state index in [-0.39, 0.29) is 30.9 Å². The molecule has 2 aliphatic heterocycles. The Labute approximate surface area is 221 Å². The standard InChI is InChI=1S/C26H35F2N7O3/c1-32-9-11-34(12-10-32)19-7-8-22(38-14-13-36)20(15-19)30-25-29-16-21-23(31-25)35(18-5-3-4-6-18)17-26(27,28)24(37)33(21)2/h7-8,15-16,18,36H,3-6,9-14,17H2,1-2H3,(H,29,30,31). The van der Waals surface area contributed by atoms with Crippen molar-refractivity contribution >= 4 is 34.7 Å². The van der Waals surface area contributed by atoms with Crippen LogP contribution in [0.25, 0.3) is 0 Å². The molecular weight excluding hydrogens is 496 g/mol. The SMILES string of the molecule is CN1CCN(c2ccc(OCCO)c(Nc3ncc4c(n3)N(C3CCCC3)CC(F)(F)C(=O)N4C)c2)CC1. The Morgan fingerprint density at radius 1 is 1.16 bits per heavy atom. The summed E-state index contributed by atoms with van der Waals surface area (Å²) in [7, 11) is 3.44. The molecule has 38 heavy (non-hydrogen) atoms. The molecule has 0 spiro atoms. The largest absolute Gasteiger partial charge is 0.489 e. The molecule has 206 valence electrons. The van der Waals surface area contributed by atoms with E-state index in [1.807, 2.05) is 18.2 Å². The maximum absolute atomic E-state index is 14.9. The third-order valence-corrected chi connectivity index (χ3v) is 7.56. The van der Waals surface area contributed by atoms with Crippen molar-refractivity contribution in [2.24, 2.45) is 0 Å². The lowest BCUT2D eigenvalue weighted by Crippen LogP contribution is -2.48. The van der Waals surface area contributed by atoms with Crippen LogP contribution in [0.4, 0.5) is 37.6 Å². The number of amides is 1. The number of ether oxygens (including phenoxy) is 1. The van der Waals surface area contributed by atoms with E-state index in [0.717, 1.165) is 62.4 Å². The lowest BCUT2D eigenvalue weighted by atomic mass is 10.2. The molecule has 10 nitrogen and oxygen atoms in total. The zero-order valence-corrected chi connectivity index (χ0v) is 21.9. The quantitative estimate of drug-likeness (QED) is 0.559. The summed E-state index contributed by atoms with van der Waals surface area (Å²) in [5.74, 6) is -3.75. The summed E-state index contributed by atoms with van der Waals surface area (Å²) in [4.78, 5) is 28.7. The fourth-order valence-electron chi connectivity index (χ4n) is 5.38. The molecule has 3 heterocycles. The van der Waals surface area contributed by atoms with E-state index in [1.165, 1.54) is 13.2 Å². The van der Waals surface area contributed by atoms with E-state index in [1.54, 1.807) is 4.90 Å². The molecule has 3 aliphatic rings. The number of aliphatic hydroxyl groups is 1. The summed E-state index contributed by atoms with van der Waals surface area (Å²) in [5.41, 5.74) is 1.86. The number of carbonyl (C=O) groups is 1. The van der Waals surface area contributed by atoms with Gasteiger partial charge < -0.3 is 34.8 Å². The van der Waals surface area contributed by atoms with Gasteiger partial charge in [-0.1, -0.05) is 12.8 Å². The third-order valence-electron chi connectivity index (χ3n) is 7.56. The molecule has 1 aromatic heterocycles. The molecule has 0 unspecified atom stereocenters. The van der Waals surface area contributed by atoms with Crippen LogP contribution in [-0.4, -0.2) is 97.9 Å². The highest BCUT2D eigenvalue weighted by molar-refractivity contribution is 6.02. The van der Waals surface area contributed by atoms with Crippen LogP contribution >= 0.6 is 0 Å². The minimum absolute atomic E-state index is 0.116. The van der Waals surface area contributed by atoms with Crippen molar-refractivity contribution in [3.8, 4) is 5.75 Å². The van der Waals surface area contributed by atoms with E-state index in [9.17, 15) is 18.7 Å². The van der Waals surface area contributed by atoms with Crippen molar-refractivity contribution in [2.45, 2.75) is 37.6 Å². The summed E-state index contributed by atoms with van der Waals surface area (Å²) in [6, 6.07) is 5.65. The van der Waals surface area contributed by atoms with Crippen LogP contribution in [0, 0.1) is 0 Å². The first-order chi connectivity index (χ1) is 18.3. The molecule has 12 heteroatoms. The molecule has 2 aromatic rings. The Hall–Kier alpha value is -3.25. The average molecular weight is 532 g/mol. The summed E-state index contributed by atoms with van der Waals surface area (Å²) < 4.78 is 35.6. The number of nitrogens with zero attached hydrogens (tertiary/aromatic N) is 6. The molecule has 0 radical (unpaired) electrons. The van der Waals surface area contributed by atoms with Crippen molar-refractivity contribution in [1.29, 1.82) is 0 Å². The monoisotopic (exact) mass is 531 g/mol. The summed E-state index contributed by atoms with van der Waals surface area (Å²) in [5, 5.41) is 12.5. The smallest absolute Gasteiger partial charge is 0.342 e. The van der Waals surface area contributed by atoms with E-state index < -0.39 is 18.4 Å². The Kier molecular flexibility index (Phi) is 7.53. The number of hydrogen-bond donors (Lipinski definition) is 2. The van der Waals surface area contributed by atoms with E-state index >= 15 is 0 Å². The molecule has 5 rings (SSSR count). The predicted molar refractivity (Wildman–Crippen MR) is 142 cm³/mol. The maximum atomic E-state index is 14.9. The molecule has 1 amide bonds. The number of aliphatic hydroxyl groups excluding tert-OH is 1. The number of carbonyl (C=O) groups excluding carboxylic acids is 1. The van der Waals surface area contributed by atoms with Gasteiger partial charge in [-0.15, -0.1) is 0 Å². The second-order valence-electron chi connectivity index (χ2n) is 10.2. The van der Waals surface area contributed by atoms with Crippen molar-refractivity contribution in [3.05, 3.63) is 24.4 Å². The average Bonchev–Trinajstić information content (AvgIpc) is 3.43. The predicted octanol–water partition coefficient (Wildman–Crippen LogP) is 2.70. The first-order valence-corrected chi connectivity index (χ1v) is 13.1. The minimum atomic E-state index is -3.53. The highest BCUT2D eigenvalue weighted by Gasteiger charge is 2.48. The van der Waals surface area contributed by atoms with Gasteiger partial charge >= 0.3 is 5.92 Å². The number of nitrogens with one attached hydrogen (secondary N) is 1. The Morgan fingerprint density at radius 2 is 1.89 bits per heavy atom. The van der Waals surface area contributed by atoms with Crippen molar-refractivity contribution in [1.82, 2.24) is 14.9 Å². The van der Waals surface area contributed by atoms with Gasteiger partial charge in [-0.25, -0.2) is 4.98 Å².